The molecular formula is C12H13FO6. The first-order valence-corrected chi connectivity index (χ1v) is 5.37. The number of rotatable bonds is 5. The zero-order chi connectivity index (χ0) is 14.6. The summed E-state index contributed by atoms with van der Waals surface area (Å²) >= 11 is 0. The molecule has 0 aromatic heterocycles. The monoisotopic (exact) mass is 272 g/mol. The van der Waals surface area contributed by atoms with E-state index in [4.69, 9.17) is 5.11 Å². The molecule has 19 heavy (non-hydrogen) atoms. The van der Waals surface area contributed by atoms with Gasteiger partial charge in [0.1, 0.15) is 5.56 Å². The summed E-state index contributed by atoms with van der Waals surface area (Å²) in [5, 5.41) is 18.6. The molecule has 0 saturated heterocycles. The number of aliphatic hydroxyl groups is 1. The van der Waals surface area contributed by atoms with Gasteiger partial charge in [-0.15, -0.1) is 0 Å². The van der Waals surface area contributed by atoms with Gasteiger partial charge in [0.2, 0.25) is 0 Å². The number of carbonyl (C=O) groups is 2. The van der Waals surface area contributed by atoms with E-state index >= 15 is 0 Å². The summed E-state index contributed by atoms with van der Waals surface area (Å²) in [5.74, 6) is -3.87. The minimum absolute atomic E-state index is 0.0420. The van der Waals surface area contributed by atoms with E-state index in [-0.39, 0.29) is 12.2 Å². The van der Waals surface area contributed by atoms with Crippen molar-refractivity contribution in [2.24, 2.45) is 0 Å². The third-order valence-electron chi connectivity index (χ3n) is 2.33. The molecule has 6 nitrogen and oxygen atoms in total. The van der Waals surface area contributed by atoms with E-state index in [1.807, 2.05) is 0 Å². The van der Waals surface area contributed by atoms with Crippen molar-refractivity contribution in [1.29, 1.82) is 0 Å². The number of hydrogen-bond acceptors (Lipinski definition) is 5. The van der Waals surface area contributed by atoms with Gasteiger partial charge in [0.25, 0.3) is 0 Å². The molecule has 7 heteroatoms. The molecule has 0 spiro atoms. The molecule has 1 unspecified atom stereocenters. The summed E-state index contributed by atoms with van der Waals surface area (Å²) in [6.07, 6.45) is -1.75. The highest BCUT2D eigenvalue weighted by Crippen LogP contribution is 2.27. The van der Waals surface area contributed by atoms with Gasteiger partial charge >= 0.3 is 11.9 Å². The van der Waals surface area contributed by atoms with Crippen LogP contribution in [0.5, 0.6) is 5.75 Å². The zero-order valence-electron chi connectivity index (χ0n) is 10.3. The average molecular weight is 272 g/mol. The number of methoxy groups -OCH3 is 1. The number of hydrogen-bond donors (Lipinski definition) is 2. The first-order chi connectivity index (χ1) is 8.92. The van der Waals surface area contributed by atoms with E-state index in [9.17, 15) is 19.1 Å². The van der Waals surface area contributed by atoms with Crippen molar-refractivity contribution in [3.63, 3.8) is 0 Å². The van der Waals surface area contributed by atoms with E-state index in [1.54, 1.807) is 6.92 Å². The highest BCUT2D eigenvalue weighted by atomic mass is 19.1. The van der Waals surface area contributed by atoms with Crippen molar-refractivity contribution in [2.75, 3.05) is 13.7 Å². The van der Waals surface area contributed by atoms with Crippen molar-refractivity contribution in [3.8, 4) is 5.75 Å². The number of carboxylic acid groups (broad SMARTS) is 1. The maximum atomic E-state index is 13.6. The number of halogens is 1. The molecule has 0 aliphatic heterocycles. The Morgan fingerprint density at radius 1 is 1.42 bits per heavy atom. The standard InChI is InChI=1S/C12H13FO6/c1-3-19-12(17)9(14)6-4-7(11(15)16)10(18-2)8(13)5-6/h4-5,9,14H,3H2,1-2H3,(H,15,16). The summed E-state index contributed by atoms with van der Waals surface area (Å²) in [6, 6.07) is 1.79. The Balaban J connectivity index is 3.24. The second kappa shape index (κ2) is 6.14. The summed E-state index contributed by atoms with van der Waals surface area (Å²) in [5.41, 5.74) is -0.699. The van der Waals surface area contributed by atoms with Gasteiger partial charge in [0.15, 0.2) is 17.7 Å². The van der Waals surface area contributed by atoms with Gasteiger partial charge in [-0.2, -0.15) is 0 Å². The first kappa shape index (κ1) is 14.9. The van der Waals surface area contributed by atoms with Crippen LogP contribution in [0.3, 0.4) is 0 Å². The molecule has 0 radical (unpaired) electrons. The van der Waals surface area contributed by atoms with Crippen LogP contribution in [-0.2, 0) is 9.53 Å². The Hall–Kier alpha value is -2.15. The van der Waals surface area contributed by atoms with Crippen LogP contribution in [0.2, 0.25) is 0 Å². The topological polar surface area (TPSA) is 93.1 Å². The minimum atomic E-state index is -1.75. The van der Waals surface area contributed by atoms with E-state index in [0.29, 0.717) is 0 Å². The maximum absolute atomic E-state index is 13.6. The van der Waals surface area contributed by atoms with Crippen LogP contribution in [0.25, 0.3) is 0 Å². The molecule has 104 valence electrons. The Kier molecular flexibility index (Phi) is 4.82. The van der Waals surface area contributed by atoms with E-state index in [0.717, 1.165) is 19.2 Å². The second-order valence-electron chi connectivity index (χ2n) is 3.54. The molecule has 0 amide bonds. The lowest BCUT2D eigenvalue weighted by Gasteiger charge is -2.13. The Morgan fingerprint density at radius 2 is 2.05 bits per heavy atom. The van der Waals surface area contributed by atoms with Crippen LogP contribution in [-0.4, -0.2) is 35.9 Å². The fraction of sp³-hybridized carbons (Fsp3) is 0.333. The quantitative estimate of drug-likeness (QED) is 0.780. The van der Waals surface area contributed by atoms with Gasteiger partial charge in [0, 0.05) is 0 Å². The van der Waals surface area contributed by atoms with Crippen LogP contribution in [0, 0.1) is 5.82 Å². The SMILES string of the molecule is CCOC(=O)C(O)c1cc(F)c(OC)c(C(=O)O)c1. The van der Waals surface area contributed by atoms with Crippen LogP contribution < -0.4 is 4.74 Å². The number of carboxylic acids is 1. The summed E-state index contributed by atoms with van der Waals surface area (Å²) in [4.78, 5) is 22.3. The molecule has 1 aromatic carbocycles. The second-order valence-corrected chi connectivity index (χ2v) is 3.54. The van der Waals surface area contributed by atoms with E-state index in [1.165, 1.54) is 0 Å². The number of ether oxygens (including phenoxy) is 2. The number of aromatic carboxylic acids is 1. The first-order valence-electron chi connectivity index (χ1n) is 5.37. The lowest BCUT2D eigenvalue weighted by atomic mass is 10.0. The number of esters is 1. The van der Waals surface area contributed by atoms with Crippen LogP contribution >= 0.6 is 0 Å². The Morgan fingerprint density at radius 3 is 2.53 bits per heavy atom. The summed E-state index contributed by atoms with van der Waals surface area (Å²) < 4.78 is 22.8. The molecular weight excluding hydrogens is 259 g/mol. The molecule has 0 bridgehead atoms. The molecule has 0 heterocycles. The predicted molar refractivity (Wildman–Crippen MR) is 61.5 cm³/mol. The predicted octanol–water partition coefficient (Wildman–Crippen LogP) is 1.13. The Bertz CT molecular complexity index is 499. The number of aliphatic hydroxyl groups excluding tert-OH is 1. The van der Waals surface area contributed by atoms with Crippen LogP contribution in [0.4, 0.5) is 4.39 Å². The average Bonchev–Trinajstić information content (AvgIpc) is 2.36. The van der Waals surface area contributed by atoms with Crippen molar-refractivity contribution >= 4 is 11.9 Å². The molecule has 0 saturated carbocycles. The lowest BCUT2D eigenvalue weighted by molar-refractivity contribution is -0.153. The molecule has 1 atom stereocenters. The van der Waals surface area contributed by atoms with Gasteiger partial charge in [0.05, 0.1) is 13.7 Å². The van der Waals surface area contributed by atoms with E-state index < -0.39 is 35.2 Å². The number of benzene rings is 1. The van der Waals surface area contributed by atoms with Gasteiger partial charge in [-0.1, -0.05) is 0 Å². The van der Waals surface area contributed by atoms with Crippen molar-refractivity contribution in [3.05, 3.63) is 29.1 Å². The van der Waals surface area contributed by atoms with Crippen molar-refractivity contribution in [2.45, 2.75) is 13.0 Å². The third-order valence-corrected chi connectivity index (χ3v) is 2.33. The smallest absolute Gasteiger partial charge is 0.339 e. The highest BCUT2D eigenvalue weighted by molar-refractivity contribution is 5.91. The fourth-order valence-electron chi connectivity index (χ4n) is 1.50. The van der Waals surface area contributed by atoms with Gasteiger partial charge in [-0.25, -0.2) is 14.0 Å². The molecule has 0 aliphatic carbocycles. The highest BCUT2D eigenvalue weighted by Gasteiger charge is 2.24. The van der Waals surface area contributed by atoms with Crippen molar-refractivity contribution < 1.29 is 33.7 Å². The minimum Gasteiger partial charge on any atom is -0.493 e. The van der Waals surface area contributed by atoms with Gasteiger partial charge < -0.3 is 19.7 Å². The zero-order valence-corrected chi connectivity index (χ0v) is 10.3. The lowest BCUT2D eigenvalue weighted by Crippen LogP contribution is -2.16. The third kappa shape index (κ3) is 3.19. The Labute approximate surface area is 108 Å². The molecule has 1 aromatic rings. The normalized spacial score (nSPS) is 11.8. The molecule has 1 rings (SSSR count). The van der Waals surface area contributed by atoms with Crippen LogP contribution in [0.1, 0.15) is 28.9 Å². The van der Waals surface area contributed by atoms with E-state index in [2.05, 4.69) is 9.47 Å². The molecule has 0 aliphatic rings. The summed E-state index contributed by atoms with van der Waals surface area (Å²) in [7, 11) is 1.12. The summed E-state index contributed by atoms with van der Waals surface area (Å²) in [6.45, 7) is 1.59. The number of carbonyl (C=O) groups excluding carboxylic acids is 1. The van der Waals surface area contributed by atoms with Crippen molar-refractivity contribution in [1.82, 2.24) is 0 Å². The molecule has 2 N–H and O–H groups in total. The largest absolute Gasteiger partial charge is 0.493 e. The fourth-order valence-corrected chi connectivity index (χ4v) is 1.50. The van der Waals surface area contributed by atoms with Gasteiger partial charge in [-0.3, -0.25) is 0 Å². The molecule has 0 fully saturated rings. The van der Waals surface area contributed by atoms with Crippen LogP contribution in [0.15, 0.2) is 12.1 Å². The van der Waals surface area contributed by atoms with Gasteiger partial charge in [-0.05, 0) is 24.6 Å². The maximum Gasteiger partial charge on any atom is 0.339 e.